The Bertz CT molecular complexity index is 739. The van der Waals surface area contributed by atoms with Crippen LogP contribution in [-0.2, 0) is 0 Å². The van der Waals surface area contributed by atoms with Crippen molar-refractivity contribution in [2.45, 2.75) is 6.04 Å². The maximum atomic E-state index is 12.5. The maximum Gasteiger partial charge on any atom is 0.252 e. The van der Waals surface area contributed by atoms with Gasteiger partial charge in [0.25, 0.3) is 5.91 Å². The summed E-state index contributed by atoms with van der Waals surface area (Å²) in [5, 5.41) is 5.73. The smallest absolute Gasteiger partial charge is 0.252 e. The monoisotopic (exact) mass is 327 g/mol. The van der Waals surface area contributed by atoms with E-state index in [1.54, 1.807) is 35.6 Å². The van der Waals surface area contributed by atoms with Crippen molar-refractivity contribution in [3.8, 4) is 0 Å². The van der Waals surface area contributed by atoms with E-state index in [4.69, 9.17) is 11.6 Å². The van der Waals surface area contributed by atoms with Crippen molar-refractivity contribution < 1.29 is 4.79 Å². The van der Waals surface area contributed by atoms with Gasteiger partial charge in [0, 0.05) is 15.5 Å². The summed E-state index contributed by atoms with van der Waals surface area (Å²) in [6, 6.07) is 20.7. The summed E-state index contributed by atoms with van der Waals surface area (Å²) in [5.41, 5.74) is 1.66. The van der Waals surface area contributed by atoms with E-state index in [0.717, 1.165) is 10.4 Å². The van der Waals surface area contributed by atoms with Crippen LogP contribution in [0.3, 0.4) is 0 Å². The van der Waals surface area contributed by atoms with Crippen LogP contribution in [0.25, 0.3) is 0 Å². The second-order valence-corrected chi connectivity index (χ2v) is 6.26. The van der Waals surface area contributed by atoms with Crippen LogP contribution in [0.2, 0.25) is 5.02 Å². The van der Waals surface area contributed by atoms with Gasteiger partial charge in [-0.2, -0.15) is 0 Å². The maximum absolute atomic E-state index is 12.5. The summed E-state index contributed by atoms with van der Waals surface area (Å²) >= 11 is 7.50. The van der Waals surface area contributed by atoms with Gasteiger partial charge in [-0.05, 0) is 41.3 Å². The molecular weight excluding hydrogens is 314 g/mol. The van der Waals surface area contributed by atoms with Crippen LogP contribution >= 0.6 is 22.9 Å². The fourth-order valence-electron chi connectivity index (χ4n) is 2.24. The van der Waals surface area contributed by atoms with Gasteiger partial charge in [-0.3, -0.25) is 4.79 Å². The first-order chi connectivity index (χ1) is 10.7. The van der Waals surface area contributed by atoms with Gasteiger partial charge in [0.2, 0.25) is 0 Å². The van der Waals surface area contributed by atoms with Crippen LogP contribution in [0, 0.1) is 0 Å². The SMILES string of the molecule is O=C(N[C@@H](c1ccccc1)c1cccs1)c1ccc(Cl)cc1. The zero-order valence-corrected chi connectivity index (χ0v) is 13.3. The van der Waals surface area contributed by atoms with E-state index in [-0.39, 0.29) is 11.9 Å². The van der Waals surface area contributed by atoms with E-state index in [2.05, 4.69) is 5.32 Å². The van der Waals surface area contributed by atoms with E-state index in [1.165, 1.54) is 0 Å². The van der Waals surface area contributed by atoms with Crippen molar-refractivity contribution in [3.63, 3.8) is 0 Å². The van der Waals surface area contributed by atoms with Crippen LogP contribution in [0.1, 0.15) is 26.8 Å². The Kier molecular flexibility index (Phi) is 4.56. The molecule has 110 valence electrons. The highest BCUT2D eigenvalue weighted by Crippen LogP contribution is 2.26. The van der Waals surface area contributed by atoms with Gasteiger partial charge in [0.1, 0.15) is 0 Å². The normalized spacial score (nSPS) is 11.9. The zero-order chi connectivity index (χ0) is 15.4. The Morgan fingerprint density at radius 2 is 1.68 bits per heavy atom. The predicted octanol–water partition coefficient (Wildman–Crippen LogP) is 4.92. The lowest BCUT2D eigenvalue weighted by atomic mass is 10.0. The van der Waals surface area contributed by atoms with Crippen LogP contribution in [0.4, 0.5) is 0 Å². The molecule has 0 aliphatic rings. The third-order valence-corrected chi connectivity index (χ3v) is 4.53. The van der Waals surface area contributed by atoms with E-state index in [0.29, 0.717) is 10.6 Å². The molecule has 22 heavy (non-hydrogen) atoms. The number of rotatable bonds is 4. The van der Waals surface area contributed by atoms with Gasteiger partial charge >= 0.3 is 0 Å². The van der Waals surface area contributed by atoms with Crippen molar-refractivity contribution in [1.29, 1.82) is 0 Å². The molecule has 0 spiro atoms. The lowest BCUT2D eigenvalue weighted by molar-refractivity contribution is 0.0943. The molecule has 0 aliphatic carbocycles. The summed E-state index contributed by atoms with van der Waals surface area (Å²) in [5.74, 6) is -0.112. The van der Waals surface area contributed by atoms with Gasteiger partial charge < -0.3 is 5.32 Å². The highest BCUT2D eigenvalue weighted by Gasteiger charge is 2.18. The highest BCUT2D eigenvalue weighted by atomic mass is 35.5. The minimum atomic E-state index is -0.149. The van der Waals surface area contributed by atoms with Crippen molar-refractivity contribution in [3.05, 3.63) is 93.1 Å². The topological polar surface area (TPSA) is 29.1 Å². The first kappa shape index (κ1) is 14.8. The summed E-state index contributed by atoms with van der Waals surface area (Å²) in [4.78, 5) is 13.6. The molecule has 1 amide bonds. The summed E-state index contributed by atoms with van der Waals surface area (Å²) in [7, 11) is 0. The summed E-state index contributed by atoms with van der Waals surface area (Å²) in [6.45, 7) is 0. The third-order valence-electron chi connectivity index (χ3n) is 3.34. The molecule has 0 saturated carbocycles. The lowest BCUT2D eigenvalue weighted by Crippen LogP contribution is -2.28. The molecule has 0 unspecified atom stereocenters. The summed E-state index contributed by atoms with van der Waals surface area (Å²) < 4.78 is 0. The number of nitrogens with one attached hydrogen (secondary N) is 1. The molecule has 0 saturated heterocycles. The average Bonchev–Trinajstić information content (AvgIpc) is 3.08. The fraction of sp³-hybridized carbons (Fsp3) is 0.0556. The minimum Gasteiger partial charge on any atom is -0.340 e. The number of hydrogen-bond acceptors (Lipinski definition) is 2. The van der Waals surface area contributed by atoms with Gasteiger partial charge in [-0.15, -0.1) is 11.3 Å². The molecule has 0 aliphatic heterocycles. The van der Waals surface area contributed by atoms with Crippen LogP contribution in [0.15, 0.2) is 72.1 Å². The number of hydrogen-bond donors (Lipinski definition) is 1. The Balaban J connectivity index is 1.87. The predicted molar refractivity (Wildman–Crippen MR) is 91.5 cm³/mol. The van der Waals surface area contributed by atoms with Gasteiger partial charge in [-0.25, -0.2) is 0 Å². The summed E-state index contributed by atoms with van der Waals surface area (Å²) in [6.07, 6.45) is 0. The fourth-order valence-corrected chi connectivity index (χ4v) is 3.16. The molecule has 1 heterocycles. The third kappa shape index (κ3) is 3.38. The van der Waals surface area contributed by atoms with Crippen molar-refractivity contribution in [1.82, 2.24) is 5.32 Å². The number of carbonyl (C=O) groups is 1. The van der Waals surface area contributed by atoms with E-state index < -0.39 is 0 Å². The van der Waals surface area contributed by atoms with Crippen LogP contribution in [0.5, 0.6) is 0 Å². The number of carbonyl (C=O) groups excluding carboxylic acids is 1. The molecule has 3 rings (SSSR count). The molecule has 0 radical (unpaired) electrons. The Morgan fingerprint density at radius 3 is 2.32 bits per heavy atom. The molecule has 4 heteroatoms. The average molecular weight is 328 g/mol. The molecule has 0 bridgehead atoms. The molecule has 2 nitrogen and oxygen atoms in total. The minimum absolute atomic E-state index is 0.112. The van der Waals surface area contributed by atoms with E-state index in [1.807, 2.05) is 47.8 Å². The lowest BCUT2D eigenvalue weighted by Gasteiger charge is -2.18. The number of amides is 1. The van der Waals surface area contributed by atoms with Crippen molar-refractivity contribution >= 4 is 28.8 Å². The van der Waals surface area contributed by atoms with Crippen LogP contribution < -0.4 is 5.32 Å². The standard InChI is InChI=1S/C18H14ClNOS/c19-15-10-8-14(9-11-15)18(21)20-17(16-7-4-12-22-16)13-5-2-1-3-6-13/h1-12,17H,(H,20,21)/t17-/m0/s1. The Labute approximate surface area is 138 Å². The second-order valence-electron chi connectivity index (χ2n) is 4.84. The molecular formula is C18H14ClNOS. The van der Waals surface area contributed by atoms with Gasteiger partial charge in [0.15, 0.2) is 0 Å². The molecule has 2 aromatic carbocycles. The highest BCUT2D eigenvalue weighted by molar-refractivity contribution is 7.10. The van der Waals surface area contributed by atoms with Gasteiger partial charge in [0.05, 0.1) is 6.04 Å². The molecule has 3 aromatic rings. The molecule has 1 atom stereocenters. The number of thiophene rings is 1. The zero-order valence-electron chi connectivity index (χ0n) is 11.7. The number of halogens is 1. The van der Waals surface area contributed by atoms with Crippen molar-refractivity contribution in [2.75, 3.05) is 0 Å². The quantitative estimate of drug-likeness (QED) is 0.724. The van der Waals surface area contributed by atoms with Crippen LogP contribution in [-0.4, -0.2) is 5.91 Å². The second kappa shape index (κ2) is 6.77. The Morgan fingerprint density at radius 1 is 0.955 bits per heavy atom. The molecule has 0 fully saturated rings. The largest absolute Gasteiger partial charge is 0.340 e. The van der Waals surface area contributed by atoms with E-state index in [9.17, 15) is 4.79 Å². The first-order valence-corrected chi connectivity index (χ1v) is 8.14. The molecule has 1 N–H and O–H groups in total. The Hall–Kier alpha value is -2.10. The first-order valence-electron chi connectivity index (χ1n) is 6.89. The van der Waals surface area contributed by atoms with Crippen molar-refractivity contribution in [2.24, 2.45) is 0 Å². The molecule has 1 aromatic heterocycles. The van der Waals surface area contributed by atoms with E-state index >= 15 is 0 Å². The number of benzene rings is 2. The van der Waals surface area contributed by atoms with Gasteiger partial charge in [-0.1, -0.05) is 48.0 Å².